The van der Waals surface area contributed by atoms with Gasteiger partial charge in [0.1, 0.15) is 6.33 Å². The van der Waals surface area contributed by atoms with Crippen LogP contribution in [0.3, 0.4) is 0 Å². The van der Waals surface area contributed by atoms with E-state index in [4.69, 9.17) is 9.47 Å². The standard InChI is InChI=1S/C17H22N4O3/c1-20-11-18-19-16(20)15-8-14(24-3)9-21(15)17(22)13-6-4-12(5-7-13)10-23-2/h4-7,11,14-15H,8-10H2,1-3H3/t14-,15+/m1/s1. The van der Waals surface area contributed by atoms with Crippen molar-refractivity contribution in [2.45, 2.75) is 25.2 Å². The van der Waals surface area contributed by atoms with Crippen molar-refractivity contribution in [3.05, 3.63) is 47.5 Å². The van der Waals surface area contributed by atoms with Crippen LogP contribution in [0.5, 0.6) is 0 Å². The molecule has 0 spiro atoms. The van der Waals surface area contributed by atoms with Crippen LogP contribution >= 0.6 is 0 Å². The summed E-state index contributed by atoms with van der Waals surface area (Å²) in [4.78, 5) is 14.8. The quantitative estimate of drug-likeness (QED) is 0.832. The number of ether oxygens (including phenoxy) is 2. The first-order chi connectivity index (χ1) is 11.6. The van der Waals surface area contributed by atoms with Crippen LogP contribution < -0.4 is 0 Å². The molecule has 0 N–H and O–H groups in total. The van der Waals surface area contributed by atoms with E-state index in [0.29, 0.717) is 18.7 Å². The molecule has 3 rings (SSSR count). The molecule has 2 atom stereocenters. The monoisotopic (exact) mass is 330 g/mol. The minimum Gasteiger partial charge on any atom is -0.380 e. The fourth-order valence-electron chi connectivity index (χ4n) is 3.11. The number of likely N-dealkylation sites (tertiary alicyclic amines) is 1. The van der Waals surface area contributed by atoms with Crippen molar-refractivity contribution in [1.29, 1.82) is 0 Å². The highest BCUT2D eigenvalue weighted by molar-refractivity contribution is 5.94. The van der Waals surface area contributed by atoms with Gasteiger partial charge >= 0.3 is 0 Å². The summed E-state index contributed by atoms with van der Waals surface area (Å²) in [6, 6.07) is 7.37. The lowest BCUT2D eigenvalue weighted by Gasteiger charge is -2.23. The molecule has 2 heterocycles. The van der Waals surface area contributed by atoms with E-state index < -0.39 is 0 Å². The van der Waals surface area contributed by atoms with E-state index in [9.17, 15) is 4.79 Å². The van der Waals surface area contributed by atoms with Gasteiger partial charge in [0.25, 0.3) is 5.91 Å². The third-order valence-corrected chi connectivity index (χ3v) is 4.41. The van der Waals surface area contributed by atoms with Gasteiger partial charge in [-0.3, -0.25) is 4.79 Å². The Morgan fingerprint density at radius 3 is 2.62 bits per heavy atom. The molecule has 7 heteroatoms. The molecule has 24 heavy (non-hydrogen) atoms. The highest BCUT2D eigenvalue weighted by atomic mass is 16.5. The number of aryl methyl sites for hydroxylation is 1. The predicted molar refractivity (Wildman–Crippen MR) is 87.3 cm³/mol. The maximum absolute atomic E-state index is 13.0. The van der Waals surface area contributed by atoms with Crippen LogP contribution in [-0.4, -0.2) is 52.4 Å². The van der Waals surface area contributed by atoms with Crippen LogP contribution in [0.1, 0.15) is 34.2 Å². The van der Waals surface area contributed by atoms with Crippen LogP contribution in [0.25, 0.3) is 0 Å². The van der Waals surface area contributed by atoms with E-state index in [1.165, 1.54) is 0 Å². The van der Waals surface area contributed by atoms with Crippen molar-refractivity contribution in [2.24, 2.45) is 7.05 Å². The Morgan fingerprint density at radius 2 is 2.04 bits per heavy atom. The zero-order valence-corrected chi connectivity index (χ0v) is 14.2. The number of carbonyl (C=O) groups excluding carboxylic acids is 1. The topological polar surface area (TPSA) is 69.5 Å². The van der Waals surface area contributed by atoms with E-state index in [0.717, 1.165) is 17.8 Å². The molecule has 0 radical (unpaired) electrons. The van der Waals surface area contributed by atoms with Crippen molar-refractivity contribution in [3.8, 4) is 0 Å². The van der Waals surface area contributed by atoms with Gasteiger partial charge in [0, 0.05) is 39.8 Å². The summed E-state index contributed by atoms with van der Waals surface area (Å²) in [5.41, 5.74) is 1.69. The second kappa shape index (κ2) is 7.11. The zero-order valence-electron chi connectivity index (χ0n) is 14.2. The summed E-state index contributed by atoms with van der Waals surface area (Å²) < 4.78 is 12.4. The second-order valence-electron chi connectivity index (χ2n) is 6.00. The Bertz CT molecular complexity index is 698. The first-order valence-corrected chi connectivity index (χ1v) is 7.89. The van der Waals surface area contributed by atoms with E-state index >= 15 is 0 Å². The molecule has 0 aliphatic carbocycles. The van der Waals surface area contributed by atoms with Gasteiger partial charge in [-0.15, -0.1) is 10.2 Å². The van der Waals surface area contributed by atoms with Gasteiger partial charge in [0.2, 0.25) is 0 Å². The molecular weight excluding hydrogens is 308 g/mol. The minimum atomic E-state index is -0.131. The summed E-state index contributed by atoms with van der Waals surface area (Å²) in [6.45, 7) is 1.08. The number of hydrogen-bond acceptors (Lipinski definition) is 5. The molecule has 1 saturated heterocycles. The van der Waals surface area contributed by atoms with Gasteiger partial charge in [0.05, 0.1) is 18.8 Å². The summed E-state index contributed by atoms with van der Waals surface area (Å²) in [5.74, 6) is 0.755. The largest absolute Gasteiger partial charge is 0.380 e. The number of amides is 1. The zero-order chi connectivity index (χ0) is 17.1. The maximum Gasteiger partial charge on any atom is 0.254 e. The Kier molecular flexibility index (Phi) is 4.92. The van der Waals surface area contributed by atoms with Gasteiger partial charge in [0.15, 0.2) is 5.82 Å². The molecule has 7 nitrogen and oxygen atoms in total. The summed E-state index contributed by atoms with van der Waals surface area (Å²) in [5, 5.41) is 8.11. The van der Waals surface area contributed by atoms with Crippen molar-refractivity contribution in [2.75, 3.05) is 20.8 Å². The smallest absolute Gasteiger partial charge is 0.254 e. The number of benzene rings is 1. The van der Waals surface area contributed by atoms with E-state index in [1.807, 2.05) is 40.8 Å². The number of carbonyl (C=O) groups is 1. The van der Waals surface area contributed by atoms with Gasteiger partial charge < -0.3 is 18.9 Å². The average Bonchev–Trinajstić information content (AvgIpc) is 3.21. The SMILES string of the molecule is COCc1ccc(C(=O)N2C[C@H](OC)C[C@H]2c2nncn2C)cc1. The molecule has 1 aromatic carbocycles. The molecule has 1 amide bonds. The molecule has 128 valence electrons. The molecule has 2 aromatic rings. The van der Waals surface area contributed by atoms with E-state index in [2.05, 4.69) is 10.2 Å². The Balaban J connectivity index is 1.84. The van der Waals surface area contributed by atoms with Crippen molar-refractivity contribution < 1.29 is 14.3 Å². The van der Waals surface area contributed by atoms with Crippen LogP contribution in [0.2, 0.25) is 0 Å². The summed E-state index contributed by atoms with van der Waals surface area (Å²) in [7, 11) is 5.21. The molecule has 1 fully saturated rings. The van der Waals surface area contributed by atoms with Crippen LogP contribution in [0.4, 0.5) is 0 Å². The average molecular weight is 330 g/mol. The Hall–Kier alpha value is -2.25. The predicted octanol–water partition coefficient (Wildman–Crippen LogP) is 1.56. The Morgan fingerprint density at radius 1 is 1.29 bits per heavy atom. The van der Waals surface area contributed by atoms with Gasteiger partial charge in [-0.1, -0.05) is 12.1 Å². The number of hydrogen-bond donors (Lipinski definition) is 0. The number of aromatic nitrogens is 3. The van der Waals surface area contributed by atoms with Crippen LogP contribution in [0.15, 0.2) is 30.6 Å². The number of nitrogens with zero attached hydrogens (tertiary/aromatic N) is 4. The lowest BCUT2D eigenvalue weighted by Crippen LogP contribution is -2.33. The molecule has 1 aliphatic rings. The molecular formula is C17H22N4O3. The van der Waals surface area contributed by atoms with Gasteiger partial charge in [-0.2, -0.15) is 0 Å². The van der Waals surface area contributed by atoms with Crippen molar-refractivity contribution >= 4 is 5.91 Å². The molecule has 0 saturated carbocycles. The summed E-state index contributed by atoms with van der Waals surface area (Å²) in [6.07, 6.45) is 2.37. The molecule has 0 bridgehead atoms. The summed E-state index contributed by atoms with van der Waals surface area (Å²) >= 11 is 0. The molecule has 1 aromatic heterocycles. The van der Waals surface area contributed by atoms with Crippen molar-refractivity contribution in [3.63, 3.8) is 0 Å². The van der Waals surface area contributed by atoms with Crippen LogP contribution in [-0.2, 0) is 23.1 Å². The number of rotatable bonds is 5. The first-order valence-electron chi connectivity index (χ1n) is 7.89. The van der Waals surface area contributed by atoms with Crippen LogP contribution in [0, 0.1) is 0 Å². The fraction of sp³-hybridized carbons (Fsp3) is 0.471. The fourth-order valence-corrected chi connectivity index (χ4v) is 3.11. The normalized spacial score (nSPS) is 20.5. The van der Waals surface area contributed by atoms with Crippen molar-refractivity contribution in [1.82, 2.24) is 19.7 Å². The van der Waals surface area contributed by atoms with Gasteiger partial charge in [-0.05, 0) is 17.7 Å². The van der Waals surface area contributed by atoms with E-state index in [-0.39, 0.29) is 18.1 Å². The third kappa shape index (κ3) is 3.18. The van der Waals surface area contributed by atoms with Gasteiger partial charge in [-0.25, -0.2) is 0 Å². The number of methoxy groups -OCH3 is 2. The third-order valence-electron chi connectivity index (χ3n) is 4.41. The first kappa shape index (κ1) is 16.6. The Labute approximate surface area is 141 Å². The molecule has 0 unspecified atom stereocenters. The maximum atomic E-state index is 13.0. The highest BCUT2D eigenvalue weighted by Gasteiger charge is 2.39. The highest BCUT2D eigenvalue weighted by Crippen LogP contribution is 2.33. The second-order valence-corrected chi connectivity index (χ2v) is 6.00. The van der Waals surface area contributed by atoms with E-state index in [1.54, 1.807) is 20.5 Å². The molecule has 1 aliphatic heterocycles. The minimum absolute atomic E-state index is 0.00316. The lowest BCUT2D eigenvalue weighted by atomic mass is 10.1. The lowest BCUT2D eigenvalue weighted by molar-refractivity contribution is 0.0683.